The molecule has 5 heteroatoms. The number of hydrogen-bond acceptors (Lipinski definition) is 4. The molecular weight excluding hydrogens is 282 g/mol. The third-order valence-electron chi connectivity index (χ3n) is 3.91. The Morgan fingerprint density at radius 3 is 2.50 bits per heavy atom. The number of benzene rings is 1. The zero-order chi connectivity index (χ0) is 16.7. The van der Waals surface area contributed by atoms with E-state index < -0.39 is 12.0 Å². The highest BCUT2D eigenvalue weighted by Crippen LogP contribution is 2.22. The zero-order valence-corrected chi connectivity index (χ0v) is 13.9. The molecular formula is C17H25NO4. The number of esters is 1. The Labute approximate surface area is 132 Å². The highest BCUT2D eigenvalue weighted by Gasteiger charge is 2.27. The molecule has 0 heterocycles. The minimum atomic E-state index is -0.627. The molecule has 2 atom stereocenters. The molecule has 0 spiro atoms. The van der Waals surface area contributed by atoms with Crippen LogP contribution in [0, 0.1) is 12.8 Å². The van der Waals surface area contributed by atoms with Crippen LogP contribution in [0.1, 0.15) is 31.4 Å². The first-order valence-electron chi connectivity index (χ1n) is 7.44. The molecule has 0 bridgehead atoms. The lowest BCUT2D eigenvalue weighted by atomic mass is 9.98. The summed E-state index contributed by atoms with van der Waals surface area (Å²) >= 11 is 0. The highest BCUT2D eigenvalue weighted by molar-refractivity contribution is 5.86. The summed E-state index contributed by atoms with van der Waals surface area (Å²) in [5.74, 6) is 0.0474. The maximum Gasteiger partial charge on any atom is 0.328 e. The molecule has 0 saturated heterocycles. The van der Waals surface area contributed by atoms with Crippen molar-refractivity contribution in [1.29, 1.82) is 0 Å². The van der Waals surface area contributed by atoms with Crippen LogP contribution >= 0.6 is 0 Å². The number of rotatable bonds is 7. The maximum absolute atomic E-state index is 12.3. The minimum absolute atomic E-state index is 0.00941. The van der Waals surface area contributed by atoms with Gasteiger partial charge in [0.15, 0.2) is 0 Å². The summed E-state index contributed by atoms with van der Waals surface area (Å²) in [6.45, 7) is 5.81. The molecule has 5 nitrogen and oxygen atoms in total. The number of hydrogen-bond donors (Lipinski definition) is 1. The molecule has 0 saturated carbocycles. The van der Waals surface area contributed by atoms with Crippen molar-refractivity contribution in [1.82, 2.24) is 5.32 Å². The Hall–Kier alpha value is -2.04. The van der Waals surface area contributed by atoms with E-state index in [1.54, 1.807) is 7.11 Å². The van der Waals surface area contributed by atoms with E-state index in [1.807, 2.05) is 39.0 Å². The van der Waals surface area contributed by atoms with Crippen molar-refractivity contribution in [3.63, 3.8) is 0 Å². The first-order valence-corrected chi connectivity index (χ1v) is 7.44. The predicted molar refractivity (Wildman–Crippen MR) is 84.8 cm³/mol. The predicted octanol–water partition coefficient (Wildman–Crippen LogP) is 2.25. The topological polar surface area (TPSA) is 64.6 Å². The van der Waals surface area contributed by atoms with E-state index in [1.165, 1.54) is 7.11 Å². The third-order valence-corrected chi connectivity index (χ3v) is 3.91. The summed E-state index contributed by atoms with van der Waals surface area (Å²) < 4.78 is 10.1. The summed E-state index contributed by atoms with van der Waals surface area (Å²) in [5, 5.41) is 2.78. The first-order chi connectivity index (χ1) is 10.4. The van der Waals surface area contributed by atoms with Gasteiger partial charge < -0.3 is 14.8 Å². The van der Waals surface area contributed by atoms with Crippen LogP contribution in [-0.2, 0) is 20.7 Å². The third kappa shape index (κ3) is 4.48. The number of nitrogens with one attached hydrogen (secondary N) is 1. The fraction of sp³-hybridized carbons (Fsp3) is 0.529. The fourth-order valence-corrected chi connectivity index (χ4v) is 2.27. The molecule has 2 unspecified atom stereocenters. The van der Waals surface area contributed by atoms with Crippen LogP contribution in [0.15, 0.2) is 18.2 Å². The van der Waals surface area contributed by atoms with Crippen LogP contribution in [0.3, 0.4) is 0 Å². The number of carbonyl (C=O) groups is 2. The van der Waals surface area contributed by atoms with Gasteiger partial charge in [0.05, 0.1) is 20.6 Å². The van der Waals surface area contributed by atoms with Gasteiger partial charge in [-0.3, -0.25) is 4.79 Å². The highest BCUT2D eigenvalue weighted by atomic mass is 16.5. The Bertz CT molecular complexity index is 527. The van der Waals surface area contributed by atoms with E-state index >= 15 is 0 Å². The van der Waals surface area contributed by atoms with E-state index in [-0.39, 0.29) is 18.2 Å². The van der Waals surface area contributed by atoms with Crippen molar-refractivity contribution in [3.05, 3.63) is 29.3 Å². The van der Waals surface area contributed by atoms with E-state index in [4.69, 9.17) is 9.47 Å². The second kappa shape index (κ2) is 8.41. The van der Waals surface area contributed by atoms with E-state index in [2.05, 4.69) is 5.32 Å². The van der Waals surface area contributed by atoms with Crippen molar-refractivity contribution in [3.8, 4) is 5.75 Å². The zero-order valence-electron chi connectivity index (χ0n) is 13.9. The Balaban J connectivity index is 2.86. The molecule has 0 radical (unpaired) electrons. The fourth-order valence-electron chi connectivity index (χ4n) is 2.27. The van der Waals surface area contributed by atoms with E-state index in [0.717, 1.165) is 17.5 Å². The van der Waals surface area contributed by atoms with Crippen LogP contribution in [0.25, 0.3) is 0 Å². The number of amides is 1. The molecule has 0 aliphatic heterocycles. The summed E-state index contributed by atoms with van der Waals surface area (Å²) in [7, 11) is 2.90. The number of carbonyl (C=O) groups excluding carboxylic acids is 2. The van der Waals surface area contributed by atoms with Crippen LogP contribution in [0.5, 0.6) is 5.75 Å². The van der Waals surface area contributed by atoms with Crippen LogP contribution < -0.4 is 10.1 Å². The van der Waals surface area contributed by atoms with Gasteiger partial charge in [0.25, 0.3) is 0 Å². The van der Waals surface area contributed by atoms with Crippen LogP contribution in [-0.4, -0.2) is 32.1 Å². The summed E-state index contributed by atoms with van der Waals surface area (Å²) in [6.07, 6.45) is 0.938. The molecule has 1 N–H and O–H groups in total. The van der Waals surface area contributed by atoms with Gasteiger partial charge in [-0.2, -0.15) is 0 Å². The first kappa shape index (κ1) is 18.0. The maximum atomic E-state index is 12.3. The second-order valence-corrected chi connectivity index (χ2v) is 5.39. The quantitative estimate of drug-likeness (QED) is 0.785. The number of methoxy groups -OCH3 is 2. The van der Waals surface area contributed by atoms with E-state index in [0.29, 0.717) is 5.75 Å². The smallest absolute Gasteiger partial charge is 0.328 e. The lowest BCUT2D eigenvalue weighted by molar-refractivity contribution is -0.146. The molecule has 0 fully saturated rings. The van der Waals surface area contributed by atoms with Crippen LogP contribution in [0.4, 0.5) is 0 Å². The number of aryl methyl sites for hydroxylation is 1. The van der Waals surface area contributed by atoms with Gasteiger partial charge in [0.1, 0.15) is 11.8 Å². The lowest BCUT2D eigenvalue weighted by Gasteiger charge is -2.22. The van der Waals surface area contributed by atoms with Gasteiger partial charge in [-0.25, -0.2) is 4.79 Å². The Kier molecular flexibility index (Phi) is 6.89. The van der Waals surface area contributed by atoms with Crippen molar-refractivity contribution >= 4 is 11.9 Å². The summed E-state index contributed by atoms with van der Waals surface area (Å²) in [5.41, 5.74) is 1.81. The Morgan fingerprint density at radius 1 is 1.27 bits per heavy atom. The lowest BCUT2D eigenvalue weighted by Crippen LogP contribution is -2.46. The Morgan fingerprint density at radius 2 is 1.95 bits per heavy atom. The normalized spacial score (nSPS) is 13.1. The van der Waals surface area contributed by atoms with Crippen LogP contribution in [0.2, 0.25) is 0 Å². The van der Waals surface area contributed by atoms with E-state index in [9.17, 15) is 9.59 Å². The molecule has 1 amide bonds. The molecule has 0 aliphatic rings. The van der Waals surface area contributed by atoms with Gasteiger partial charge in [-0.1, -0.05) is 32.4 Å². The van der Waals surface area contributed by atoms with Crippen molar-refractivity contribution in [2.45, 2.75) is 39.7 Å². The van der Waals surface area contributed by atoms with Crippen molar-refractivity contribution in [2.24, 2.45) is 5.92 Å². The SMILES string of the molecule is CCC(C)C(NC(=O)Cc1c(C)cccc1OC)C(=O)OC. The van der Waals surface area contributed by atoms with Gasteiger partial charge >= 0.3 is 5.97 Å². The van der Waals surface area contributed by atoms with Gasteiger partial charge in [0.2, 0.25) is 5.91 Å². The van der Waals surface area contributed by atoms with Gasteiger partial charge in [-0.15, -0.1) is 0 Å². The number of ether oxygens (including phenoxy) is 2. The standard InChI is InChI=1S/C17H25NO4/c1-6-11(2)16(17(20)22-5)18-15(19)10-13-12(3)8-7-9-14(13)21-4/h7-9,11,16H,6,10H2,1-5H3,(H,18,19). The molecule has 0 aliphatic carbocycles. The molecule has 22 heavy (non-hydrogen) atoms. The molecule has 1 rings (SSSR count). The average Bonchev–Trinajstić information content (AvgIpc) is 2.53. The molecule has 1 aromatic carbocycles. The summed E-state index contributed by atoms with van der Waals surface area (Å²) in [6, 6.07) is 5.00. The second-order valence-electron chi connectivity index (χ2n) is 5.39. The molecule has 0 aromatic heterocycles. The van der Waals surface area contributed by atoms with Gasteiger partial charge in [0, 0.05) is 5.56 Å². The summed E-state index contributed by atoms with van der Waals surface area (Å²) in [4.78, 5) is 24.1. The molecule has 122 valence electrons. The van der Waals surface area contributed by atoms with Crippen molar-refractivity contribution < 1.29 is 19.1 Å². The average molecular weight is 307 g/mol. The molecule has 1 aromatic rings. The minimum Gasteiger partial charge on any atom is -0.496 e. The van der Waals surface area contributed by atoms with Crippen molar-refractivity contribution in [2.75, 3.05) is 14.2 Å². The van der Waals surface area contributed by atoms with Gasteiger partial charge in [-0.05, 0) is 24.5 Å². The monoisotopic (exact) mass is 307 g/mol. The largest absolute Gasteiger partial charge is 0.496 e.